The molecule has 1 aliphatic carbocycles. The zero-order valence-electron chi connectivity index (χ0n) is 21.4. The highest BCUT2D eigenvalue weighted by molar-refractivity contribution is 6.00. The highest BCUT2D eigenvalue weighted by Crippen LogP contribution is 2.44. The Morgan fingerprint density at radius 2 is 1.83 bits per heavy atom. The zero-order chi connectivity index (χ0) is 26.0. The standard InChI is InChI=1S/C28H34N4O4/c1-26(2)15-22(33)32(25(29)31-26)20-14-27(3,4)36-21-11-10-16(12-19(20)21)24(34)30-23-18-9-7-6-8-17(18)13-28(23,5)35/h6-12,20,23,35H,13-15H2,1-5H3,(H2,29,31)(H,30,34)/t20-,23-,28?/m1/s1. The van der Waals surface area contributed by atoms with E-state index in [1.807, 2.05) is 52.0 Å². The Bertz CT molecular complexity index is 1250. The van der Waals surface area contributed by atoms with Crippen LogP contribution in [0.25, 0.3) is 0 Å². The average Bonchev–Trinajstić information content (AvgIpc) is 3.00. The molecule has 0 aromatic heterocycles. The van der Waals surface area contributed by atoms with Crippen LogP contribution in [-0.4, -0.2) is 44.5 Å². The third-order valence-electron chi connectivity index (χ3n) is 7.39. The number of benzene rings is 2. The highest BCUT2D eigenvalue weighted by Gasteiger charge is 2.45. The van der Waals surface area contributed by atoms with Crippen LogP contribution in [-0.2, 0) is 11.2 Å². The number of hydrogen-bond donors (Lipinski definition) is 4. The van der Waals surface area contributed by atoms with Gasteiger partial charge in [-0.15, -0.1) is 0 Å². The van der Waals surface area contributed by atoms with Gasteiger partial charge in [-0.3, -0.25) is 19.9 Å². The maximum Gasteiger partial charge on any atom is 0.251 e. The van der Waals surface area contributed by atoms with E-state index in [0.29, 0.717) is 29.7 Å². The number of rotatable bonds is 3. The minimum atomic E-state index is -1.10. The van der Waals surface area contributed by atoms with Crippen LogP contribution in [0.4, 0.5) is 0 Å². The van der Waals surface area contributed by atoms with Crippen LogP contribution in [0.2, 0.25) is 0 Å². The van der Waals surface area contributed by atoms with Crippen molar-refractivity contribution >= 4 is 17.8 Å². The lowest BCUT2D eigenvalue weighted by atomic mass is 9.86. The number of nitrogens with zero attached hydrogens (tertiary/aromatic N) is 1. The number of hydrogen-bond acceptors (Lipinski definition) is 5. The Morgan fingerprint density at radius 1 is 1.11 bits per heavy atom. The lowest BCUT2D eigenvalue weighted by Gasteiger charge is -2.46. The largest absolute Gasteiger partial charge is 0.487 e. The summed E-state index contributed by atoms with van der Waals surface area (Å²) in [5.41, 5.74) is 0.888. The summed E-state index contributed by atoms with van der Waals surface area (Å²) in [4.78, 5) is 28.1. The molecule has 190 valence electrons. The number of guanidine groups is 1. The molecule has 8 nitrogen and oxygen atoms in total. The van der Waals surface area contributed by atoms with Crippen molar-refractivity contribution in [2.75, 3.05) is 0 Å². The van der Waals surface area contributed by atoms with Gasteiger partial charge in [0.05, 0.1) is 17.7 Å². The molecule has 2 aromatic carbocycles. The van der Waals surface area contributed by atoms with Gasteiger partial charge in [-0.25, -0.2) is 0 Å². The van der Waals surface area contributed by atoms with Crippen LogP contribution in [0, 0.1) is 5.41 Å². The Hall–Kier alpha value is -3.39. The molecule has 1 fully saturated rings. The first-order valence-corrected chi connectivity index (χ1v) is 12.4. The predicted octanol–water partition coefficient (Wildman–Crippen LogP) is 3.60. The summed E-state index contributed by atoms with van der Waals surface area (Å²) >= 11 is 0. The van der Waals surface area contributed by atoms with Crippen LogP contribution in [0.5, 0.6) is 5.75 Å². The van der Waals surface area contributed by atoms with Gasteiger partial charge >= 0.3 is 0 Å². The molecule has 8 heteroatoms. The lowest BCUT2D eigenvalue weighted by molar-refractivity contribution is -0.133. The van der Waals surface area contributed by atoms with Crippen molar-refractivity contribution in [1.82, 2.24) is 15.5 Å². The molecule has 2 heterocycles. The smallest absolute Gasteiger partial charge is 0.251 e. The van der Waals surface area contributed by atoms with E-state index in [4.69, 9.17) is 10.1 Å². The quantitative estimate of drug-likeness (QED) is 0.525. The molecule has 1 unspecified atom stereocenters. The van der Waals surface area contributed by atoms with Crippen molar-refractivity contribution in [3.63, 3.8) is 0 Å². The van der Waals surface area contributed by atoms with Gasteiger partial charge < -0.3 is 20.5 Å². The van der Waals surface area contributed by atoms with Gasteiger partial charge in [-0.1, -0.05) is 24.3 Å². The summed E-state index contributed by atoms with van der Waals surface area (Å²) in [5.74, 6) is 0.198. The third kappa shape index (κ3) is 4.23. The summed E-state index contributed by atoms with van der Waals surface area (Å²) in [7, 11) is 0. The van der Waals surface area contributed by atoms with Gasteiger partial charge in [0.2, 0.25) is 5.91 Å². The van der Waals surface area contributed by atoms with Crippen LogP contribution in [0.3, 0.4) is 0 Å². The molecule has 0 radical (unpaired) electrons. The maximum absolute atomic E-state index is 13.4. The monoisotopic (exact) mass is 490 g/mol. The second-order valence-electron chi connectivity index (χ2n) is 11.8. The van der Waals surface area contributed by atoms with E-state index in [0.717, 1.165) is 11.1 Å². The molecular formula is C28H34N4O4. The minimum absolute atomic E-state index is 0.0540. The fourth-order valence-electron chi connectivity index (χ4n) is 5.78. The van der Waals surface area contributed by atoms with Crippen LogP contribution in [0.15, 0.2) is 42.5 Å². The molecule has 0 bridgehead atoms. The molecular weight excluding hydrogens is 456 g/mol. The number of carbonyl (C=O) groups excluding carboxylic acids is 2. The molecule has 0 saturated carbocycles. The molecule has 5 rings (SSSR count). The molecule has 2 amide bonds. The van der Waals surface area contributed by atoms with E-state index in [1.165, 1.54) is 4.90 Å². The third-order valence-corrected chi connectivity index (χ3v) is 7.39. The lowest BCUT2D eigenvalue weighted by Crippen LogP contribution is -2.61. The first-order chi connectivity index (χ1) is 16.8. The van der Waals surface area contributed by atoms with Gasteiger partial charge in [0.25, 0.3) is 5.91 Å². The topological polar surface area (TPSA) is 115 Å². The molecule has 1 saturated heterocycles. The van der Waals surface area contributed by atoms with Crippen molar-refractivity contribution in [2.45, 2.75) is 82.7 Å². The Kier molecular flexibility index (Phi) is 5.44. The normalized spacial score (nSPS) is 28.0. The number of amides is 2. The van der Waals surface area contributed by atoms with Crippen molar-refractivity contribution in [3.05, 3.63) is 64.7 Å². The predicted molar refractivity (Wildman–Crippen MR) is 136 cm³/mol. The van der Waals surface area contributed by atoms with Crippen molar-refractivity contribution < 1.29 is 19.4 Å². The fraction of sp³-hybridized carbons (Fsp3) is 0.464. The van der Waals surface area contributed by atoms with Crippen molar-refractivity contribution in [1.29, 1.82) is 5.41 Å². The SMILES string of the molecule is CC1(C)CC(=O)N([C@@H]2CC(C)(C)Oc3ccc(C(=O)N[C@@H]4c5ccccc5CC4(C)O)cc32)C(=N)N1. The number of carbonyl (C=O) groups is 2. The second-order valence-corrected chi connectivity index (χ2v) is 11.8. The van der Waals surface area contributed by atoms with Crippen LogP contribution in [0.1, 0.15) is 86.6 Å². The van der Waals surface area contributed by atoms with Gasteiger partial charge in [-0.05, 0) is 63.9 Å². The molecule has 36 heavy (non-hydrogen) atoms. The summed E-state index contributed by atoms with van der Waals surface area (Å²) in [6.07, 6.45) is 1.21. The fourth-order valence-corrected chi connectivity index (χ4v) is 5.78. The van der Waals surface area contributed by atoms with E-state index >= 15 is 0 Å². The zero-order valence-corrected chi connectivity index (χ0v) is 21.4. The first-order valence-electron chi connectivity index (χ1n) is 12.4. The summed E-state index contributed by atoms with van der Waals surface area (Å²) in [6.45, 7) is 9.45. The molecule has 3 atom stereocenters. The van der Waals surface area contributed by atoms with Gasteiger partial charge in [0, 0.05) is 35.9 Å². The summed E-state index contributed by atoms with van der Waals surface area (Å²) in [5, 5.41) is 25.8. The molecule has 0 spiro atoms. The maximum atomic E-state index is 13.4. The van der Waals surface area contributed by atoms with E-state index in [2.05, 4.69) is 10.6 Å². The Labute approximate surface area is 211 Å². The van der Waals surface area contributed by atoms with Crippen LogP contribution >= 0.6 is 0 Å². The Morgan fingerprint density at radius 3 is 2.56 bits per heavy atom. The van der Waals surface area contributed by atoms with Gasteiger partial charge in [0.1, 0.15) is 11.4 Å². The van der Waals surface area contributed by atoms with Gasteiger partial charge in [0.15, 0.2) is 5.96 Å². The number of fused-ring (bicyclic) bond motifs is 2. The number of ether oxygens (including phenoxy) is 1. The minimum Gasteiger partial charge on any atom is -0.487 e. The van der Waals surface area contributed by atoms with Crippen molar-refractivity contribution in [2.24, 2.45) is 0 Å². The number of aliphatic hydroxyl groups is 1. The number of nitrogens with one attached hydrogen (secondary N) is 3. The van der Waals surface area contributed by atoms with E-state index in [9.17, 15) is 14.7 Å². The molecule has 2 aromatic rings. The first kappa shape index (κ1) is 24.3. The highest BCUT2D eigenvalue weighted by atomic mass is 16.5. The Balaban J connectivity index is 1.47. The summed E-state index contributed by atoms with van der Waals surface area (Å²) < 4.78 is 6.20. The van der Waals surface area contributed by atoms with Crippen LogP contribution < -0.4 is 15.4 Å². The van der Waals surface area contributed by atoms with E-state index in [-0.39, 0.29) is 24.2 Å². The molecule has 2 aliphatic heterocycles. The average molecular weight is 491 g/mol. The van der Waals surface area contributed by atoms with Gasteiger partial charge in [-0.2, -0.15) is 0 Å². The van der Waals surface area contributed by atoms with Crippen molar-refractivity contribution in [3.8, 4) is 5.75 Å². The molecule has 4 N–H and O–H groups in total. The molecule has 3 aliphatic rings. The summed E-state index contributed by atoms with van der Waals surface area (Å²) in [6, 6.07) is 12.0. The second kappa shape index (κ2) is 8.06. The van der Waals surface area contributed by atoms with E-state index < -0.39 is 28.8 Å². The van der Waals surface area contributed by atoms with E-state index in [1.54, 1.807) is 25.1 Å².